The van der Waals surface area contributed by atoms with E-state index in [4.69, 9.17) is 5.73 Å². The van der Waals surface area contributed by atoms with Gasteiger partial charge in [0.2, 0.25) is 5.91 Å². The molecule has 0 spiro atoms. The third-order valence-corrected chi connectivity index (χ3v) is 4.33. The molecule has 0 atom stereocenters. The molecule has 26 heavy (non-hydrogen) atoms. The van der Waals surface area contributed by atoms with Crippen molar-refractivity contribution in [2.75, 3.05) is 5.32 Å². The van der Waals surface area contributed by atoms with E-state index in [1.807, 2.05) is 13.8 Å². The van der Waals surface area contributed by atoms with Crippen LogP contribution in [0.1, 0.15) is 34.8 Å². The number of hydrogen-bond acceptors (Lipinski definition) is 5. The number of benzene rings is 1. The van der Waals surface area contributed by atoms with E-state index in [0.29, 0.717) is 29.3 Å². The molecular formula is C18H21FN6O. The van der Waals surface area contributed by atoms with Gasteiger partial charge in [0.15, 0.2) is 5.82 Å². The molecule has 2 heterocycles. The van der Waals surface area contributed by atoms with Crippen LogP contribution in [-0.4, -0.2) is 25.5 Å². The van der Waals surface area contributed by atoms with Gasteiger partial charge in [0, 0.05) is 23.5 Å². The zero-order chi connectivity index (χ0) is 18.8. The summed E-state index contributed by atoms with van der Waals surface area (Å²) in [5.74, 6) is 0.500. The Labute approximate surface area is 150 Å². The number of halogens is 1. The van der Waals surface area contributed by atoms with Crippen LogP contribution in [0.2, 0.25) is 0 Å². The Kier molecular flexibility index (Phi) is 4.94. The summed E-state index contributed by atoms with van der Waals surface area (Å²) in [6, 6.07) is 4.64. The minimum absolute atomic E-state index is 0.187. The maximum Gasteiger partial charge on any atom is 0.252 e. The van der Waals surface area contributed by atoms with Gasteiger partial charge in [0.1, 0.15) is 5.82 Å². The van der Waals surface area contributed by atoms with Crippen LogP contribution in [0.5, 0.6) is 0 Å². The molecule has 1 aromatic carbocycles. The van der Waals surface area contributed by atoms with E-state index in [1.54, 1.807) is 23.6 Å². The molecule has 0 bridgehead atoms. The van der Waals surface area contributed by atoms with Crippen molar-refractivity contribution in [1.82, 2.24) is 19.6 Å². The zero-order valence-corrected chi connectivity index (χ0v) is 15.0. The van der Waals surface area contributed by atoms with Gasteiger partial charge in [0.25, 0.3) is 5.78 Å². The number of nitrogens with two attached hydrogens (primary N) is 1. The van der Waals surface area contributed by atoms with Gasteiger partial charge < -0.3 is 11.1 Å². The van der Waals surface area contributed by atoms with Crippen molar-refractivity contribution in [1.29, 1.82) is 0 Å². The SMILES string of the molecule is Cc1ccc(NC(=O)CCc2c(C)nc3nc(CN)nn3c2C)cc1F. The normalized spacial score (nSPS) is 11.1. The number of rotatable bonds is 5. The summed E-state index contributed by atoms with van der Waals surface area (Å²) in [6.45, 7) is 5.72. The van der Waals surface area contributed by atoms with E-state index >= 15 is 0 Å². The van der Waals surface area contributed by atoms with E-state index in [9.17, 15) is 9.18 Å². The molecule has 3 rings (SSSR count). The fourth-order valence-corrected chi connectivity index (χ4v) is 2.83. The summed E-state index contributed by atoms with van der Waals surface area (Å²) in [5.41, 5.74) is 9.20. The topological polar surface area (TPSA) is 98.2 Å². The molecule has 3 N–H and O–H groups in total. The molecule has 0 saturated heterocycles. The van der Waals surface area contributed by atoms with Gasteiger partial charge in [-0.1, -0.05) is 6.07 Å². The van der Waals surface area contributed by atoms with Gasteiger partial charge in [-0.15, -0.1) is 5.10 Å². The number of carbonyl (C=O) groups is 1. The van der Waals surface area contributed by atoms with Crippen molar-refractivity contribution < 1.29 is 9.18 Å². The lowest BCUT2D eigenvalue weighted by molar-refractivity contribution is -0.116. The second kappa shape index (κ2) is 7.17. The van der Waals surface area contributed by atoms with Crippen LogP contribution >= 0.6 is 0 Å². The number of nitrogens with one attached hydrogen (secondary N) is 1. The zero-order valence-electron chi connectivity index (χ0n) is 15.0. The minimum atomic E-state index is -0.342. The number of anilines is 1. The van der Waals surface area contributed by atoms with E-state index in [0.717, 1.165) is 17.0 Å². The van der Waals surface area contributed by atoms with Crippen molar-refractivity contribution >= 4 is 17.4 Å². The van der Waals surface area contributed by atoms with Gasteiger partial charge in [-0.05, 0) is 50.5 Å². The maximum absolute atomic E-state index is 13.6. The van der Waals surface area contributed by atoms with Crippen LogP contribution in [0.25, 0.3) is 5.78 Å². The van der Waals surface area contributed by atoms with Crippen molar-refractivity contribution in [3.05, 3.63) is 52.4 Å². The lowest BCUT2D eigenvalue weighted by atomic mass is 10.1. The molecule has 0 aliphatic heterocycles. The van der Waals surface area contributed by atoms with Crippen molar-refractivity contribution in [2.24, 2.45) is 5.73 Å². The Morgan fingerprint density at radius 2 is 2.04 bits per heavy atom. The Morgan fingerprint density at radius 1 is 1.27 bits per heavy atom. The first-order chi connectivity index (χ1) is 12.4. The number of fused-ring (bicyclic) bond motifs is 1. The third-order valence-electron chi connectivity index (χ3n) is 4.33. The number of aromatic nitrogens is 4. The summed E-state index contributed by atoms with van der Waals surface area (Å²) in [6.07, 6.45) is 0.751. The highest BCUT2D eigenvalue weighted by molar-refractivity contribution is 5.90. The van der Waals surface area contributed by atoms with Crippen LogP contribution in [-0.2, 0) is 17.8 Å². The monoisotopic (exact) mass is 356 g/mol. The molecule has 0 aliphatic rings. The first-order valence-corrected chi connectivity index (χ1v) is 8.37. The minimum Gasteiger partial charge on any atom is -0.326 e. The van der Waals surface area contributed by atoms with Gasteiger partial charge in [0.05, 0.1) is 6.54 Å². The average molecular weight is 356 g/mol. The predicted molar refractivity (Wildman–Crippen MR) is 96.2 cm³/mol. The van der Waals surface area contributed by atoms with Gasteiger partial charge in [-0.2, -0.15) is 4.98 Å². The maximum atomic E-state index is 13.6. The smallest absolute Gasteiger partial charge is 0.252 e. The molecule has 0 saturated carbocycles. The second-order valence-corrected chi connectivity index (χ2v) is 6.22. The highest BCUT2D eigenvalue weighted by Gasteiger charge is 2.14. The number of amides is 1. The number of carbonyl (C=O) groups excluding carboxylic acids is 1. The first-order valence-electron chi connectivity index (χ1n) is 8.37. The Balaban J connectivity index is 1.74. The third kappa shape index (κ3) is 3.55. The number of hydrogen-bond donors (Lipinski definition) is 2. The highest BCUT2D eigenvalue weighted by atomic mass is 19.1. The average Bonchev–Trinajstić information content (AvgIpc) is 3.01. The van der Waals surface area contributed by atoms with Crippen LogP contribution in [0.3, 0.4) is 0 Å². The van der Waals surface area contributed by atoms with Crippen LogP contribution in [0.4, 0.5) is 10.1 Å². The molecule has 0 fully saturated rings. The fourth-order valence-electron chi connectivity index (χ4n) is 2.83. The Morgan fingerprint density at radius 3 is 2.73 bits per heavy atom. The standard InChI is InChI=1S/C18H21FN6O/c1-10-4-5-13(8-15(10)19)22-17(26)7-6-14-11(2)21-18-23-16(9-20)24-25(18)12(14)3/h4-5,8H,6-7,9,20H2,1-3H3,(H,22,26). The van der Waals surface area contributed by atoms with E-state index in [2.05, 4.69) is 20.4 Å². The summed E-state index contributed by atoms with van der Waals surface area (Å²) >= 11 is 0. The molecule has 7 nitrogen and oxygen atoms in total. The fraction of sp³-hybridized carbons (Fsp3) is 0.333. The van der Waals surface area contributed by atoms with Crippen LogP contribution < -0.4 is 11.1 Å². The van der Waals surface area contributed by atoms with Crippen molar-refractivity contribution in [2.45, 2.75) is 40.2 Å². The quantitative estimate of drug-likeness (QED) is 0.730. The first kappa shape index (κ1) is 17.9. The molecule has 136 valence electrons. The molecule has 0 unspecified atom stereocenters. The van der Waals surface area contributed by atoms with E-state index in [-0.39, 0.29) is 24.7 Å². The summed E-state index contributed by atoms with van der Waals surface area (Å²) < 4.78 is 15.2. The summed E-state index contributed by atoms with van der Waals surface area (Å²) in [4.78, 5) is 20.9. The summed E-state index contributed by atoms with van der Waals surface area (Å²) in [7, 11) is 0. The summed E-state index contributed by atoms with van der Waals surface area (Å²) in [5, 5.41) is 7.04. The molecule has 3 aromatic rings. The van der Waals surface area contributed by atoms with Crippen LogP contribution in [0.15, 0.2) is 18.2 Å². The molecule has 2 aromatic heterocycles. The van der Waals surface area contributed by atoms with Crippen molar-refractivity contribution in [3.63, 3.8) is 0 Å². The number of aryl methyl sites for hydroxylation is 3. The Bertz CT molecular complexity index is 981. The van der Waals surface area contributed by atoms with Crippen molar-refractivity contribution in [3.8, 4) is 0 Å². The van der Waals surface area contributed by atoms with Gasteiger partial charge in [-0.25, -0.2) is 13.9 Å². The van der Waals surface area contributed by atoms with E-state index in [1.165, 1.54) is 6.07 Å². The van der Waals surface area contributed by atoms with E-state index < -0.39 is 0 Å². The molecule has 0 aliphatic carbocycles. The molecule has 1 amide bonds. The lowest BCUT2D eigenvalue weighted by Crippen LogP contribution is -2.14. The Hall–Kier alpha value is -2.87. The predicted octanol–water partition coefficient (Wildman–Crippen LogP) is 2.22. The van der Waals surface area contributed by atoms with Gasteiger partial charge >= 0.3 is 0 Å². The second-order valence-electron chi connectivity index (χ2n) is 6.22. The largest absolute Gasteiger partial charge is 0.326 e. The van der Waals surface area contributed by atoms with Gasteiger partial charge in [-0.3, -0.25) is 4.79 Å². The number of nitrogens with zero attached hydrogens (tertiary/aromatic N) is 4. The van der Waals surface area contributed by atoms with Crippen LogP contribution in [0, 0.1) is 26.6 Å². The lowest BCUT2D eigenvalue weighted by Gasteiger charge is -2.11. The highest BCUT2D eigenvalue weighted by Crippen LogP contribution is 2.17. The molecule has 8 heteroatoms. The molecular weight excluding hydrogens is 335 g/mol. The molecule has 0 radical (unpaired) electrons.